The van der Waals surface area contributed by atoms with E-state index in [1.54, 1.807) is 23.1 Å². The number of rotatable bonds is 3. The molecule has 1 heterocycles. The number of anilines is 1. The van der Waals surface area contributed by atoms with Crippen molar-refractivity contribution in [3.63, 3.8) is 0 Å². The van der Waals surface area contributed by atoms with Crippen molar-refractivity contribution in [3.05, 3.63) is 45.6 Å². The maximum Gasteiger partial charge on any atom is 0.265 e. The van der Waals surface area contributed by atoms with E-state index in [1.807, 2.05) is 30.5 Å². The Kier molecular flexibility index (Phi) is 4.13. The molecule has 2 aromatic rings. The number of carbonyl (C=O) groups excluding carboxylic acids is 1. The second-order valence-corrected chi connectivity index (χ2v) is 6.91. The van der Waals surface area contributed by atoms with E-state index in [9.17, 15) is 4.79 Å². The van der Waals surface area contributed by atoms with Crippen molar-refractivity contribution >= 4 is 34.7 Å². The van der Waals surface area contributed by atoms with E-state index < -0.39 is 0 Å². The number of nitrogens with one attached hydrogen (secondary N) is 1. The van der Waals surface area contributed by atoms with E-state index in [4.69, 9.17) is 0 Å². The van der Waals surface area contributed by atoms with Gasteiger partial charge in [-0.2, -0.15) is 0 Å². The Balaban J connectivity index is 1.81. The van der Waals surface area contributed by atoms with Crippen LogP contribution in [0.3, 0.4) is 0 Å². The number of carbonyl (C=O) groups is 1. The molecule has 20 heavy (non-hydrogen) atoms. The third-order valence-electron chi connectivity index (χ3n) is 3.58. The molecular weight excluding hydrogens is 286 g/mol. The van der Waals surface area contributed by atoms with Gasteiger partial charge in [-0.05, 0) is 55.7 Å². The first-order chi connectivity index (χ1) is 9.78. The van der Waals surface area contributed by atoms with E-state index in [-0.39, 0.29) is 5.91 Å². The highest BCUT2D eigenvalue weighted by Gasteiger charge is 2.17. The largest absolute Gasteiger partial charge is 0.320 e. The van der Waals surface area contributed by atoms with Gasteiger partial charge in [0.1, 0.15) is 0 Å². The number of aryl methyl sites for hydroxylation is 2. The molecule has 0 atom stereocenters. The Morgan fingerprint density at radius 1 is 1.25 bits per heavy atom. The van der Waals surface area contributed by atoms with Gasteiger partial charge in [-0.15, -0.1) is 23.1 Å². The average Bonchev–Trinajstić information content (AvgIpc) is 2.92. The fraction of sp³-hybridized carbons (Fsp3) is 0.312. The summed E-state index contributed by atoms with van der Waals surface area (Å²) in [5.74, 6) is 0.0194. The lowest BCUT2D eigenvalue weighted by atomic mass is 9.99. The number of amides is 1. The van der Waals surface area contributed by atoms with Crippen LogP contribution < -0.4 is 5.32 Å². The van der Waals surface area contributed by atoms with Gasteiger partial charge in [0, 0.05) is 9.77 Å². The lowest BCUT2D eigenvalue weighted by Crippen LogP contribution is -2.10. The maximum atomic E-state index is 12.4. The van der Waals surface area contributed by atoms with E-state index in [0.29, 0.717) is 0 Å². The summed E-state index contributed by atoms with van der Waals surface area (Å²) in [7, 11) is 0. The molecule has 0 spiro atoms. The number of benzene rings is 1. The van der Waals surface area contributed by atoms with E-state index in [0.717, 1.165) is 28.3 Å². The molecular formula is C16H17NOS2. The normalized spacial score (nSPS) is 13.8. The van der Waals surface area contributed by atoms with E-state index >= 15 is 0 Å². The van der Waals surface area contributed by atoms with Crippen LogP contribution in [0.1, 0.15) is 33.0 Å². The highest BCUT2D eigenvalue weighted by Crippen LogP contribution is 2.31. The fourth-order valence-corrected chi connectivity index (χ4v) is 4.24. The van der Waals surface area contributed by atoms with Crippen LogP contribution >= 0.6 is 23.1 Å². The molecule has 2 nitrogen and oxygen atoms in total. The summed E-state index contributed by atoms with van der Waals surface area (Å²) in [4.78, 5) is 15.7. The lowest BCUT2D eigenvalue weighted by molar-refractivity contribution is 0.103. The number of hydrogen-bond donors (Lipinski definition) is 1. The molecule has 104 valence electrons. The molecule has 1 aromatic heterocycles. The Morgan fingerprint density at radius 2 is 2.05 bits per heavy atom. The minimum atomic E-state index is 0.0194. The van der Waals surface area contributed by atoms with Crippen molar-refractivity contribution in [1.82, 2.24) is 0 Å². The molecule has 0 saturated heterocycles. The first kappa shape index (κ1) is 13.7. The summed E-state index contributed by atoms with van der Waals surface area (Å²) in [6, 6.07) is 10.0. The number of hydrogen-bond acceptors (Lipinski definition) is 3. The summed E-state index contributed by atoms with van der Waals surface area (Å²) in [5.41, 5.74) is 2.28. The summed E-state index contributed by atoms with van der Waals surface area (Å²) in [6.45, 7) is 0. The minimum absolute atomic E-state index is 0.0194. The first-order valence-corrected chi connectivity index (χ1v) is 8.88. The van der Waals surface area contributed by atoms with Gasteiger partial charge in [0.2, 0.25) is 0 Å². The third kappa shape index (κ3) is 2.76. The van der Waals surface area contributed by atoms with Gasteiger partial charge >= 0.3 is 0 Å². The van der Waals surface area contributed by atoms with Gasteiger partial charge in [-0.1, -0.05) is 12.1 Å². The van der Waals surface area contributed by atoms with Crippen LogP contribution in [0.5, 0.6) is 0 Å². The van der Waals surface area contributed by atoms with Gasteiger partial charge in [0.15, 0.2) is 0 Å². The van der Waals surface area contributed by atoms with Crippen LogP contribution in [0, 0.1) is 0 Å². The SMILES string of the molecule is CSc1ccccc1NC(=O)c1cc2c(s1)CCCC2. The van der Waals surface area contributed by atoms with Crippen molar-refractivity contribution in [1.29, 1.82) is 0 Å². The van der Waals surface area contributed by atoms with Crippen LogP contribution in [0.4, 0.5) is 5.69 Å². The Morgan fingerprint density at radius 3 is 2.85 bits per heavy atom. The lowest BCUT2D eigenvalue weighted by Gasteiger charge is -2.08. The smallest absolute Gasteiger partial charge is 0.265 e. The van der Waals surface area contributed by atoms with Crippen molar-refractivity contribution < 1.29 is 4.79 Å². The molecule has 3 rings (SSSR count). The zero-order valence-corrected chi connectivity index (χ0v) is 13.1. The molecule has 1 aromatic carbocycles. The van der Waals surface area contributed by atoms with Crippen molar-refractivity contribution in [2.45, 2.75) is 30.6 Å². The zero-order valence-electron chi connectivity index (χ0n) is 11.4. The number of para-hydroxylation sites is 1. The molecule has 0 unspecified atom stereocenters. The van der Waals surface area contributed by atoms with Gasteiger partial charge in [-0.3, -0.25) is 4.79 Å². The number of thioether (sulfide) groups is 1. The minimum Gasteiger partial charge on any atom is -0.320 e. The maximum absolute atomic E-state index is 12.4. The monoisotopic (exact) mass is 303 g/mol. The molecule has 4 heteroatoms. The quantitative estimate of drug-likeness (QED) is 0.840. The standard InChI is InChI=1S/C16H17NOS2/c1-19-14-9-5-3-7-12(14)17-16(18)15-10-11-6-2-4-8-13(11)20-15/h3,5,7,9-10H,2,4,6,8H2,1H3,(H,17,18). The van der Waals surface area contributed by atoms with Gasteiger partial charge in [0.25, 0.3) is 5.91 Å². The summed E-state index contributed by atoms with van der Waals surface area (Å²) in [6.07, 6.45) is 6.79. The van der Waals surface area contributed by atoms with E-state index in [2.05, 4.69) is 11.4 Å². The molecule has 1 aliphatic rings. The Hall–Kier alpha value is -1.26. The van der Waals surface area contributed by atoms with Crippen molar-refractivity contribution in [2.24, 2.45) is 0 Å². The van der Waals surface area contributed by atoms with Crippen molar-refractivity contribution in [2.75, 3.05) is 11.6 Å². The van der Waals surface area contributed by atoms with E-state index in [1.165, 1.54) is 23.3 Å². The molecule has 1 N–H and O–H groups in total. The second-order valence-electron chi connectivity index (χ2n) is 4.92. The van der Waals surface area contributed by atoms with Crippen molar-refractivity contribution in [3.8, 4) is 0 Å². The summed E-state index contributed by atoms with van der Waals surface area (Å²) in [5, 5.41) is 3.04. The topological polar surface area (TPSA) is 29.1 Å². The second kappa shape index (κ2) is 6.02. The number of thiophene rings is 1. The predicted octanol–water partition coefficient (Wildman–Crippen LogP) is 4.60. The van der Waals surface area contributed by atoms with Crippen LogP contribution in [0.25, 0.3) is 0 Å². The number of fused-ring (bicyclic) bond motifs is 1. The fourth-order valence-electron chi connectivity index (χ4n) is 2.53. The molecule has 0 saturated carbocycles. The summed E-state index contributed by atoms with van der Waals surface area (Å²) < 4.78 is 0. The van der Waals surface area contributed by atoms with Crippen LogP contribution in [0.15, 0.2) is 35.2 Å². The highest BCUT2D eigenvalue weighted by atomic mass is 32.2. The van der Waals surface area contributed by atoms with Gasteiger partial charge in [0.05, 0.1) is 10.6 Å². The van der Waals surface area contributed by atoms with Gasteiger partial charge in [-0.25, -0.2) is 0 Å². The highest BCUT2D eigenvalue weighted by molar-refractivity contribution is 7.98. The molecule has 1 aliphatic carbocycles. The molecule has 1 amide bonds. The molecule has 0 aliphatic heterocycles. The Bertz CT molecular complexity index is 610. The third-order valence-corrected chi connectivity index (χ3v) is 5.61. The average molecular weight is 303 g/mol. The zero-order chi connectivity index (χ0) is 13.9. The molecule has 0 bridgehead atoms. The van der Waals surface area contributed by atoms with Gasteiger partial charge < -0.3 is 5.32 Å². The summed E-state index contributed by atoms with van der Waals surface area (Å²) >= 11 is 3.31. The van der Waals surface area contributed by atoms with Crippen LogP contribution in [-0.2, 0) is 12.8 Å². The Labute approximate surface area is 127 Å². The predicted molar refractivity (Wildman–Crippen MR) is 87.1 cm³/mol. The first-order valence-electron chi connectivity index (χ1n) is 6.84. The van der Waals surface area contributed by atoms with Crippen LogP contribution in [0.2, 0.25) is 0 Å². The molecule has 0 radical (unpaired) electrons. The van der Waals surface area contributed by atoms with Crippen LogP contribution in [-0.4, -0.2) is 12.2 Å². The molecule has 0 fully saturated rings.